The number of hydrogen-bond donors (Lipinski definition) is 0. The molecule has 3 rings (SSSR count). The lowest BCUT2D eigenvalue weighted by molar-refractivity contribution is 0.569. The van der Waals surface area contributed by atoms with Crippen molar-refractivity contribution in [3.8, 4) is 0 Å². The fraction of sp³-hybridized carbons (Fsp3) is 0.182. The van der Waals surface area contributed by atoms with Crippen molar-refractivity contribution in [3.05, 3.63) is 95.3 Å². The van der Waals surface area contributed by atoms with Crippen LogP contribution in [0, 0.1) is 19.7 Å². The second kappa shape index (κ2) is 7.53. The Bertz CT molecular complexity index is 1050. The van der Waals surface area contributed by atoms with Gasteiger partial charge in [-0.05, 0) is 56.7 Å². The van der Waals surface area contributed by atoms with Gasteiger partial charge in [-0.25, -0.2) is 12.8 Å². The molecule has 0 amide bonds. The Morgan fingerprint density at radius 1 is 0.852 bits per heavy atom. The second-order valence-electron chi connectivity index (χ2n) is 6.65. The quantitative estimate of drug-likeness (QED) is 0.592. The Hall–Kier alpha value is -2.66. The number of anilines is 1. The summed E-state index contributed by atoms with van der Waals surface area (Å²) < 4.78 is 42.7. The van der Waals surface area contributed by atoms with E-state index in [2.05, 4.69) is 0 Å². The summed E-state index contributed by atoms with van der Waals surface area (Å²) in [6, 6.07) is 19.5. The maximum absolute atomic E-state index is 14.4. The molecular weight excluding hydrogens is 361 g/mol. The van der Waals surface area contributed by atoms with E-state index < -0.39 is 21.9 Å². The molecule has 0 aliphatic heterocycles. The minimum Gasteiger partial charge on any atom is -0.259 e. The van der Waals surface area contributed by atoms with Crippen LogP contribution in [-0.2, 0) is 10.0 Å². The van der Waals surface area contributed by atoms with Crippen molar-refractivity contribution >= 4 is 15.7 Å². The SMILES string of the molecule is Cc1ccc(S(=O)(=O)N(c2cccc(C)c2)[C@H](C)c2ccccc2F)cc1. The van der Waals surface area contributed by atoms with Gasteiger partial charge in [0.2, 0.25) is 0 Å². The lowest BCUT2D eigenvalue weighted by atomic mass is 10.1. The van der Waals surface area contributed by atoms with Gasteiger partial charge in [0.15, 0.2) is 0 Å². The molecule has 0 N–H and O–H groups in total. The van der Waals surface area contributed by atoms with E-state index in [1.54, 1.807) is 67.6 Å². The van der Waals surface area contributed by atoms with Crippen LogP contribution in [0.5, 0.6) is 0 Å². The first-order valence-electron chi connectivity index (χ1n) is 8.73. The van der Waals surface area contributed by atoms with Gasteiger partial charge >= 0.3 is 0 Å². The zero-order chi connectivity index (χ0) is 19.6. The Kier molecular flexibility index (Phi) is 5.33. The molecule has 0 aliphatic rings. The Morgan fingerprint density at radius 3 is 2.15 bits per heavy atom. The zero-order valence-electron chi connectivity index (χ0n) is 15.6. The molecule has 0 fully saturated rings. The van der Waals surface area contributed by atoms with Gasteiger partial charge in [-0.1, -0.05) is 48.0 Å². The second-order valence-corrected chi connectivity index (χ2v) is 8.47. The highest BCUT2D eigenvalue weighted by Gasteiger charge is 2.31. The number of aryl methyl sites for hydroxylation is 2. The molecule has 0 aliphatic carbocycles. The molecule has 0 unspecified atom stereocenters. The van der Waals surface area contributed by atoms with E-state index >= 15 is 0 Å². The van der Waals surface area contributed by atoms with E-state index in [0.29, 0.717) is 11.3 Å². The van der Waals surface area contributed by atoms with Crippen LogP contribution in [-0.4, -0.2) is 8.42 Å². The maximum Gasteiger partial charge on any atom is 0.264 e. The highest BCUT2D eigenvalue weighted by molar-refractivity contribution is 7.92. The molecule has 27 heavy (non-hydrogen) atoms. The van der Waals surface area contributed by atoms with Gasteiger partial charge in [0.1, 0.15) is 5.82 Å². The van der Waals surface area contributed by atoms with Gasteiger partial charge in [0.05, 0.1) is 16.6 Å². The molecule has 3 aromatic carbocycles. The summed E-state index contributed by atoms with van der Waals surface area (Å²) in [4.78, 5) is 0.179. The van der Waals surface area contributed by atoms with Crippen molar-refractivity contribution < 1.29 is 12.8 Å². The number of nitrogens with zero attached hydrogens (tertiary/aromatic N) is 1. The van der Waals surface area contributed by atoms with E-state index in [1.807, 2.05) is 19.9 Å². The first-order valence-corrected chi connectivity index (χ1v) is 10.2. The summed E-state index contributed by atoms with van der Waals surface area (Å²) in [5, 5.41) is 0. The molecule has 3 nitrogen and oxygen atoms in total. The summed E-state index contributed by atoms with van der Waals surface area (Å²) in [5.74, 6) is -0.429. The molecule has 140 valence electrons. The highest BCUT2D eigenvalue weighted by atomic mass is 32.2. The third-order valence-electron chi connectivity index (χ3n) is 4.54. The summed E-state index contributed by atoms with van der Waals surface area (Å²) in [6.07, 6.45) is 0. The van der Waals surface area contributed by atoms with Crippen molar-refractivity contribution in [2.45, 2.75) is 31.7 Å². The zero-order valence-corrected chi connectivity index (χ0v) is 16.4. The largest absolute Gasteiger partial charge is 0.264 e. The van der Waals surface area contributed by atoms with Gasteiger partial charge < -0.3 is 0 Å². The Balaban J connectivity index is 2.19. The van der Waals surface area contributed by atoms with E-state index in [0.717, 1.165) is 11.1 Å². The van der Waals surface area contributed by atoms with Crippen LogP contribution in [0.3, 0.4) is 0 Å². The lowest BCUT2D eigenvalue weighted by Gasteiger charge is -2.31. The number of benzene rings is 3. The summed E-state index contributed by atoms with van der Waals surface area (Å²) in [7, 11) is -3.89. The van der Waals surface area contributed by atoms with Crippen LogP contribution >= 0.6 is 0 Å². The molecule has 0 aromatic heterocycles. The first-order chi connectivity index (χ1) is 12.8. The van der Waals surface area contributed by atoms with Gasteiger partial charge in [0.25, 0.3) is 10.0 Å². The number of halogens is 1. The van der Waals surface area contributed by atoms with Crippen molar-refractivity contribution in [1.29, 1.82) is 0 Å². The molecule has 0 saturated heterocycles. The van der Waals surface area contributed by atoms with Gasteiger partial charge in [0, 0.05) is 5.56 Å². The molecule has 5 heteroatoms. The molecule has 0 spiro atoms. The summed E-state index contributed by atoms with van der Waals surface area (Å²) >= 11 is 0. The average molecular weight is 383 g/mol. The van der Waals surface area contributed by atoms with Crippen LogP contribution in [0.4, 0.5) is 10.1 Å². The third-order valence-corrected chi connectivity index (χ3v) is 6.45. The first kappa shape index (κ1) is 19.1. The van der Waals surface area contributed by atoms with Crippen LogP contribution in [0.25, 0.3) is 0 Å². The third kappa shape index (κ3) is 3.88. The maximum atomic E-state index is 14.4. The van der Waals surface area contributed by atoms with E-state index in [-0.39, 0.29) is 4.90 Å². The average Bonchev–Trinajstić information content (AvgIpc) is 2.62. The van der Waals surface area contributed by atoms with Crippen LogP contribution in [0.1, 0.15) is 29.7 Å². The predicted molar refractivity (Wildman–Crippen MR) is 107 cm³/mol. The molecule has 3 aromatic rings. The molecular formula is C22H22FNO2S. The fourth-order valence-corrected chi connectivity index (χ4v) is 4.73. The molecule has 1 atom stereocenters. The van der Waals surface area contributed by atoms with Gasteiger partial charge in [-0.15, -0.1) is 0 Å². The molecule has 0 radical (unpaired) electrons. The topological polar surface area (TPSA) is 37.4 Å². The predicted octanol–water partition coefficient (Wildman–Crippen LogP) is 5.40. The lowest BCUT2D eigenvalue weighted by Crippen LogP contribution is -2.34. The normalized spacial score (nSPS) is 12.6. The monoisotopic (exact) mass is 383 g/mol. The van der Waals surface area contributed by atoms with E-state index in [9.17, 15) is 12.8 Å². The van der Waals surface area contributed by atoms with Gasteiger partial charge in [-0.3, -0.25) is 4.31 Å². The minimum absolute atomic E-state index is 0.179. The molecule has 0 heterocycles. The summed E-state index contributed by atoms with van der Waals surface area (Å²) in [6.45, 7) is 5.50. The molecule has 0 saturated carbocycles. The Labute approximate surface area is 160 Å². The number of sulfonamides is 1. The van der Waals surface area contributed by atoms with Crippen molar-refractivity contribution in [2.75, 3.05) is 4.31 Å². The van der Waals surface area contributed by atoms with Gasteiger partial charge in [-0.2, -0.15) is 0 Å². The van der Waals surface area contributed by atoms with E-state index in [1.165, 1.54) is 10.4 Å². The van der Waals surface area contributed by atoms with Crippen LogP contribution < -0.4 is 4.31 Å². The van der Waals surface area contributed by atoms with Crippen molar-refractivity contribution in [3.63, 3.8) is 0 Å². The minimum atomic E-state index is -3.89. The number of rotatable bonds is 5. The van der Waals surface area contributed by atoms with Crippen molar-refractivity contribution in [1.82, 2.24) is 0 Å². The fourth-order valence-electron chi connectivity index (χ4n) is 3.10. The van der Waals surface area contributed by atoms with Crippen LogP contribution in [0.15, 0.2) is 77.7 Å². The summed E-state index contributed by atoms with van der Waals surface area (Å²) in [5.41, 5.74) is 2.73. The van der Waals surface area contributed by atoms with Crippen molar-refractivity contribution in [2.24, 2.45) is 0 Å². The standard InChI is InChI=1S/C22H22FNO2S/c1-16-11-13-20(14-12-16)27(25,26)24(19-8-6-7-17(2)15-19)18(3)21-9-4-5-10-22(21)23/h4-15,18H,1-3H3/t18-/m1/s1. The smallest absolute Gasteiger partial charge is 0.259 e. The Morgan fingerprint density at radius 2 is 1.52 bits per heavy atom. The highest BCUT2D eigenvalue weighted by Crippen LogP contribution is 2.34. The van der Waals surface area contributed by atoms with Crippen LogP contribution in [0.2, 0.25) is 0 Å². The number of hydrogen-bond acceptors (Lipinski definition) is 2. The van der Waals surface area contributed by atoms with E-state index in [4.69, 9.17) is 0 Å². The molecule has 0 bridgehead atoms.